The van der Waals surface area contributed by atoms with Crippen molar-refractivity contribution < 1.29 is 4.79 Å². The molecule has 2 N–H and O–H groups in total. The fourth-order valence-electron chi connectivity index (χ4n) is 2.54. The number of benzene rings is 1. The van der Waals surface area contributed by atoms with Crippen LogP contribution in [0, 0.1) is 6.92 Å². The largest absolute Gasteiger partial charge is 0.397 e. The number of hydrogen-bond acceptors (Lipinski definition) is 4. The number of aryl methyl sites for hydroxylation is 1. The van der Waals surface area contributed by atoms with Crippen molar-refractivity contribution in [1.29, 1.82) is 0 Å². The lowest BCUT2D eigenvalue weighted by molar-refractivity contribution is 0.0769. The van der Waals surface area contributed by atoms with E-state index in [1.54, 1.807) is 0 Å². The van der Waals surface area contributed by atoms with Crippen molar-refractivity contribution in [2.24, 2.45) is 0 Å². The van der Waals surface area contributed by atoms with Gasteiger partial charge in [-0.1, -0.05) is 18.6 Å². The molecule has 1 aromatic carbocycles. The van der Waals surface area contributed by atoms with Gasteiger partial charge in [-0.15, -0.1) is 11.3 Å². The summed E-state index contributed by atoms with van der Waals surface area (Å²) in [6.07, 6.45) is 0. The molecule has 1 aliphatic heterocycles. The molecule has 2 heterocycles. The maximum atomic E-state index is 12.7. The number of thiophene rings is 1. The van der Waals surface area contributed by atoms with E-state index in [1.807, 2.05) is 23.6 Å². The quantitative estimate of drug-likeness (QED) is 0.878. The molecule has 0 aliphatic carbocycles. The molecule has 2 aromatic rings. The zero-order valence-corrected chi connectivity index (χ0v) is 13.3. The Bertz CT molecular complexity index is 665. The van der Waals surface area contributed by atoms with Crippen molar-refractivity contribution in [1.82, 2.24) is 4.90 Å². The second-order valence-corrected chi connectivity index (χ2v) is 7.88. The number of nitrogens with zero attached hydrogens (tertiary/aromatic N) is 1. The van der Waals surface area contributed by atoms with E-state index in [0.29, 0.717) is 15.8 Å². The molecule has 1 aliphatic rings. The van der Waals surface area contributed by atoms with Crippen molar-refractivity contribution in [3.05, 3.63) is 28.6 Å². The highest BCUT2D eigenvalue weighted by molar-refractivity contribution is 7.99. The molecule has 3 rings (SSSR count). The summed E-state index contributed by atoms with van der Waals surface area (Å²) in [7, 11) is 0. The minimum Gasteiger partial charge on any atom is -0.397 e. The molecule has 1 amide bonds. The van der Waals surface area contributed by atoms with E-state index in [9.17, 15) is 4.79 Å². The van der Waals surface area contributed by atoms with Gasteiger partial charge in [-0.3, -0.25) is 4.79 Å². The van der Waals surface area contributed by atoms with Crippen molar-refractivity contribution in [3.63, 3.8) is 0 Å². The van der Waals surface area contributed by atoms with Crippen molar-refractivity contribution >= 4 is 44.8 Å². The number of carbonyl (C=O) groups is 1. The second kappa shape index (κ2) is 5.30. The van der Waals surface area contributed by atoms with Gasteiger partial charge in [0, 0.05) is 34.2 Å². The lowest BCUT2D eigenvalue weighted by Gasteiger charge is -2.30. The zero-order chi connectivity index (χ0) is 14.3. The van der Waals surface area contributed by atoms with Crippen LogP contribution in [0.5, 0.6) is 0 Å². The van der Waals surface area contributed by atoms with Crippen LogP contribution < -0.4 is 5.73 Å². The van der Waals surface area contributed by atoms with Gasteiger partial charge in [0.15, 0.2) is 0 Å². The first kappa shape index (κ1) is 13.8. The van der Waals surface area contributed by atoms with Gasteiger partial charge in [-0.05, 0) is 19.1 Å². The summed E-state index contributed by atoms with van der Waals surface area (Å²) in [5.74, 6) is 1.10. The Hall–Kier alpha value is -1.20. The van der Waals surface area contributed by atoms with Crippen LogP contribution in [0.1, 0.15) is 22.2 Å². The molecule has 20 heavy (non-hydrogen) atoms. The Kier molecular flexibility index (Phi) is 3.65. The number of fused-ring (bicyclic) bond motifs is 1. The average molecular weight is 306 g/mol. The molecule has 106 valence electrons. The third-order valence-corrected chi connectivity index (χ3v) is 5.92. The average Bonchev–Trinajstić information content (AvgIpc) is 2.75. The first-order valence-corrected chi connectivity index (χ1v) is 8.62. The van der Waals surface area contributed by atoms with E-state index in [1.165, 1.54) is 16.9 Å². The molecule has 1 saturated heterocycles. The Morgan fingerprint density at radius 1 is 1.45 bits per heavy atom. The summed E-state index contributed by atoms with van der Waals surface area (Å²) >= 11 is 3.44. The van der Waals surface area contributed by atoms with Crippen LogP contribution in [0.2, 0.25) is 0 Å². The molecule has 1 atom stereocenters. The maximum absolute atomic E-state index is 12.7. The molecule has 0 radical (unpaired) electrons. The fraction of sp³-hybridized carbons (Fsp3) is 0.400. The number of nitrogens with two attached hydrogens (primary N) is 1. The highest BCUT2D eigenvalue weighted by Gasteiger charge is 2.25. The summed E-state index contributed by atoms with van der Waals surface area (Å²) in [5.41, 5.74) is 8.02. The van der Waals surface area contributed by atoms with Gasteiger partial charge in [0.2, 0.25) is 0 Å². The van der Waals surface area contributed by atoms with Crippen LogP contribution in [0.25, 0.3) is 10.1 Å². The fourth-order valence-corrected chi connectivity index (χ4v) is 4.62. The van der Waals surface area contributed by atoms with Gasteiger partial charge in [0.25, 0.3) is 5.91 Å². The summed E-state index contributed by atoms with van der Waals surface area (Å²) in [4.78, 5) is 15.3. The van der Waals surface area contributed by atoms with Crippen molar-refractivity contribution in [3.8, 4) is 0 Å². The van der Waals surface area contributed by atoms with Gasteiger partial charge in [0.1, 0.15) is 4.88 Å². The number of nitrogen functional groups attached to an aromatic ring is 1. The van der Waals surface area contributed by atoms with Crippen LogP contribution in [-0.2, 0) is 0 Å². The molecule has 0 bridgehead atoms. The molecule has 5 heteroatoms. The summed E-state index contributed by atoms with van der Waals surface area (Å²) in [6, 6.07) is 6.18. The van der Waals surface area contributed by atoms with E-state index in [2.05, 4.69) is 25.1 Å². The molecule has 1 unspecified atom stereocenters. The van der Waals surface area contributed by atoms with E-state index in [0.717, 1.165) is 28.9 Å². The molecule has 1 aromatic heterocycles. The third kappa shape index (κ3) is 2.40. The predicted molar refractivity (Wildman–Crippen MR) is 88.8 cm³/mol. The number of anilines is 1. The first-order valence-electron chi connectivity index (χ1n) is 6.76. The number of amides is 1. The Labute approximate surface area is 127 Å². The number of carbonyl (C=O) groups excluding carboxylic acids is 1. The Balaban J connectivity index is 1.97. The molecular weight excluding hydrogens is 288 g/mol. The van der Waals surface area contributed by atoms with Gasteiger partial charge >= 0.3 is 0 Å². The third-order valence-electron chi connectivity index (χ3n) is 3.60. The number of thioether (sulfide) groups is 1. The summed E-state index contributed by atoms with van der Waals surface area (Å²) in [5, 5.41) is 1.52. The molecule has 0 spiro atoms. The molecular formula is C15H18N2OS2. The van der Waals surface area contributed by atoms with E-state index in [-0.39, 0.29) is 5.91 Å². The minimum absolute atomic E-state index is 0.0912. The van der Waals surface area contributed by atoms with Crippen LogP contribution in [0.3, 0.4) is 0 Å². The molecule has 1 fully saturated rings. The Morgan fingerprint density at radius 2 is 2.25 bits per heavy atom. The van der Waals surface area contributed by atoms with Crippen LogP contribution in [0.4, 0.5) is 5.69 Å². The molecule has 3 nitrogen and oxygen atoms in total. The lowest BCUT2D eigenvalue weighted by atomic mass is 10.1. The monoisotopic (exact) mass is 306 g/mol. The second-order valence-electron chi connectivity index (χ2n) is 5.28. The summed E-state index contributed by atoms with van der Waals surface area (Å²) in [6.45, 7) is 5.85. The highest BCUT2D eigenvalue weighted by Crippen LogP contribution is 2.35. The smallest absolute Gasteiger partial charge is 0.266 e. The van der Waals surface area contributed by atoms with Gasteiger partial charge in [-0.25, -0.2) is 0 Å². The predicted octanol–water partition coefficient (Wildman–Crippen LogP) is 3.37. The van der Waals surface area contributed by atoms with Gasteiger partial charge in [0.05, 0.1) is 5.69 Å². The van der Waals surface area contributed by atoms with Gasteiger partial charge < -0.3 is 10.6 Å². The van der Waals surface area contributed by atoms with E-state index < -0.39 is 0 Å². The zero-order valence-electron chi connectivity index (χ0n) is 11.7. The standard InChI is InChI=1S/C15H18N2OS2/c1-9-3-4-12-11(7-9)13(16)14(20-12)15(18)17-5-6-19-10(2)8-17/h3-4,7,10H,5-6,8,16H2,1-2H3. The normalized spacial score (nSPS) is 19.5. The lowest BCUT2D eigenvalue weighted by Crippen LogP contribution is -2.40. The minimum atomic E-state index is 0.0912. The summed E-state index contributed by atoms with van der Waals surface area (Å²) < 4.78 is 1.09. The highest BCUT2D eigenvalue weighted by atomic mass is 32.2. The Morgan fingerprint density at radius 3 is 3.00 bits per heavy atom. The maximum Gasteiger partial charge on any atom is 0.266 e. The SMILES string of the molecule is Cc1ccc2sc(C(=O)N3CCSC(C)C3)c(N)c2c1. The molecule has 0 saturated carbocycles. The first-order chi connectivity index (χ1) is 9.56. The van der Waals surface area contributed by atoms with Crippen LogP contribution >= 0.6 is 23.1 Å². The van der Waals surface area contributed by atoms with Crippen LogP contribution in [0.15, 0.2) is 18.2 Å². The topological polar surface area (TPSA) is 46.3 Å². The van der Waals surface area contributed by atoms with E-state index in [4.69, 9.17) is 5.73 Å². The van der Waals surface area contributed by atoms with Gasteiger partial charge in [-0.2, -0.15) is 11.8 Å². The van der Waals surface area contributed by atoms with E-state index >= 15 is 0 Å². The van der Waals surface area contributed by atoms with Crippen LogP contribution in [-0.4, -0.2) is 34.9 Å². The van der Waals surface area contributed by atoms with Crippen molar-refractivity contribution in [2.45, 2.75) is 19.1 Å². The van der Waals surface area contributed by atoms with Crippen molar-refractivity contribution in [2.75, 3.05) is 24.6 Å². The number of rotatable bonds is 1. The number of hydrogen-bond donors (Lipinski definition) is 1.